The van der Waals surface area contributed by atoms with Crippen molar-refractivity contribution in [1.82, 2.24) is 4.90 Å². The minimum Gasteiger partial charge on any atom is -0.423 e. The molecule has 18 heavy (non-hydrogen) atoms. The summed E-state index contributed by atoms with van der Waals surface area (Å²) in [4.78, 5) is 2.09. The van der Waals surface area contributed by atoms with Crippen LogP contribution < -0.4 is 5.46 Å². The summed E-state index contributed by atoms with van der Waals surface area (Å²) in [6, 6.07) is 4.18. The van der Waals surface area contributed by atoms with Crippen molar-refractivity contribution in [3.63, 3.8) is 0 Å². The highest BCUT2D eigenvalue weighted by Gasteiger charge is 2.16. The molecule has 5 heteroatoms. The minimum absolute atomic E-state index is 0.168. The Morgan fingerprint density at radius 2 is 1.83 bits per heavy atom. The van der Waals surface area contributed by atoms with Crippen molar-refractivity contribution in [1.29, 1.82) is 0 Å². The standard InChI is InChI=1S/C13H21BFNO2/c1-13(2,3)9-16(4)8-10-5-11(14(17)18)7-12(15)6-10/h5-7,17-18H,8-9H2,1-4H3. The van der Waals surface area contributed by atoms with Crippen molar-refractivity contribution in [2.45, 2.75) is 27.3 Å². The highest BCUT2D eigenvalue weighted by Crippen LogP contribution is 2.16. The minimum atomic E-state index is -1.63. The molecule has 0 saturated carbocycles. The first-order valence-electron chi connectivity index (χ1n) is 6.01. The van der Waals surface area contributed by atoms with Gasteiger partial charge in [0.2, 0.25) is 0 Å². The first-order chi connectivity index (χ1) is 8.17. The first kappa shape index (κ1) is 15.2. The van der Waals surface area contributed by atoms with Crippen LogP contribution in [-0.2, 0) is 6.54 Å². The van der Waals surface area contributed by atoms with Gasteiger partial charge in [0.05, 0.1) is 0 Å². The molecule has 0 unspecified atom stereocenters. The summed E-state index contributed by atoms with van der Waals surface area (Å²) in [6.45, 7) is 7.86. The van der Waals surface area contributed by atoms with Gasteiger partial charge in [0.1, 0.15) is 5.82 Å². The van der Waals surface area contributed by atoms with Gasteiger partial charge in [0, 0.05) is 13.1 Å². The molecule has 2 N–H and O–H groups in total. The van der Waals surface area contributed by atoms with Crippen LogP contribution in [0.2, 0.25) is 0 Å². The zero-order chi connectivity index (χ0) is 13.9. The molecular weight excluding hydrogens is 232 g/mol. The molecule has 3 nitrogen and oxygen atoms in total. The number of hydrogen-bond acceptors (Lipinski definition) is 3. The van der Waals surface area contributed by atoms with Gasteiger partial charge >= 0.3 is 7.12 Å². The van der Waals surface area contributed by atoms with E-state index >= 15 is 0 Å². The predicted molar refractivity (Wildman–Crippen MR) is 72.0 cm³/mol. The number of halogens is 1. The largest absolute Gasteiger partial charge is 0.488 e. The van der Waals surface area contributed by atoms with E-state index in [-0.39, 0.29) is 10.9 Å². The van der Waals surface area contributed by atoms with Crippen LogP contribution in [-0.4, -0.2) is 35.7 Å². The summed E-state index contributed by atoms with van der Waals surface area (Å²) in [5.41, 5.74) is 1.10. The molecule has 0 aromatic heterocycles. The Kier molecular flexibility index (Phi) is 4.90. The van der Waals surface area contributed by atoms with Crippen molar-refractivity contribution < 1.29 is 14.4 Å². The molecule has 0 fully saturated rings. The lowest BCUT2D eigenvalue weighted by Crippen LogP contribution is -2.32. The van der Waals surface area contributed by atoms with E-state index in [1.807, 2.05) is 7.05 Å². The lowest BCUT2D eigenvalue weighted by Gasteiger charge is -2.26. The molecule has 0 saturated heterocycles. The highest BCUT2D eigenvalue weighted by molar-refractivity contribution is 6.58. The zero-order valence-corrected chi connectivity index (χ0v) is 11.4. The Bertz CT molecular complexity index is 404. The van der Waals surface area contributed by atoms with E-state index in [1.54, 1.807) is 6.07 Å². The van der Waals surface area contributed by atoms with E-state index < -0.39 is 12.9 Å². The summed E-state index contributed by atoms with van der Waals surface area (Å²) in [5.74, 6) is -0.445. The van der Waals surface area contributed by atoms with Crippen molar-refractivity contribution in [3.05, 3.63) is 29.6 Å². The number of hydrogen-bond donors (Lipinski definition) is 2. The molecule has 0 heterocycles. The fraction of sp³-hybridized carbons (Fsp3) is 0.538. The van der Waals surface area contributed by atoms with Crippen molar-refractivity contribution in [3.8, 4) is 0 Å². The average Bonchev–Trinajstić information content (AvgIpc) is 2.12. The fourth-order valence-electron chi connectivity index (χ4n) is 2.09. The number of nitrogens with zero attached hydrogens (tertiary/aromatic N) is 1. The second kappa shape index (κ2) is 5.82. The zero-order valence-electron chi connectivity index (χ0n) is 11.4. The lowest BCUT2D eigenvalue weighted by atomic mass is 9.79. The first-order valence-corrected chi connectivity index (χ1v) is 6.01. The lowest BCUT2D eigenvalue weighted by molar-refractivity contribution is 0.220. The maximum absolute atomic E-state index is 13.3. The van der Waals surface area contributed by atoms with Crippen LogP contribution in [0.25, 0.3) is 0 Å². The average molecular weight is 253 g/mol. The Morgan fingerprint density at radius 1 is 1.22 bits per heavy atom. The fourth-order valence-corrected chi connectivity index (χ4v) is 2.09. The molecule has 1 aromatic rings. The topological polar surface area (TPSA) is 43.7 Å². The Balaban J connectivity index is 2.78. The van der Waals surface area contributed by atoms with Gasteiger partial charge in [-0.1, -0.05) is 26.8 Å². The summed E-state index contributed by atoms with van der Waals surface area (Å²) >= 11 is 0. The molecule has 1 rings (SSSR count). The summed E-state index contributed by atoms with van der Waals surface area (Å²) in [7, 11) is 0.331. The smallest absolute Gasteiger partial charge is 0.423 e. The van der Waals surface area contributed by atoms with Crippen LogP contribution >= 0.6 is 0 Å². The normalized spacial score (nSPS) is 12.0. The SMILES string of the molecule is CN(Cc1cc(F)cc(B(O)O)c1)CC(C)(C)C. The van der Waals surface area contributed by atoms with E-state index in [2.05, 4.69) is 25.7 Å². The van der Waals surface area contributed by atoms with Gasteiger partial charge < -0.3 is 14.9 Å². The third-order valence-corrected chi connectivity index (χ3v) is 2.47. The van der Waals surface area contributed by atoms with E-state index in [0.717, 1.165) is 18.2 Å². The predicted octanol–water partition coefficient (Wildman–Crippen LogP) is 0.983. The van der Waals surface area contributed by atoms with Crippen LogP contribution in [0.5, 0.6) is 0 Å². The van der Waals surface area contributed by atoms with Crippen molar-refractivity contribution >= 4 is 12.6 Å². The van der Waals surface area contributed by atoms with E-state index in [9.17, 15) is 4.39 Å². The molecule has 0 aliphatic carbocycles. The van der Waals surface area contributed by atoms with E-state index in [1.165, 1.54) is 6.07 Å². The Morgan fingerprint density at radius 3 is 2.33 bits per heavy atom. The summed E-state index contributed by atoms with van der Waals surface area (Å²) < 4.78 is 13.3. The second-order valence-corrected chi connectivity index (χ2v) is 6.00. The van der Waals surface area contributed by atoms with Gasteiger partial charge in [-0.3, -0.25) is 0 Å². The molecule has 0 aliphatic rings. The molecule has 1 aromatic carbocycles. The molecule has 0 spiro atoms. The molecule has 100 valence electrons. The summed E-state index contributed by atoms with van der Waals surface area (Å²) in [6.07, 6.45) is 0. The highest BCUT2D eigenvalue weighted by atomic mass is 19.1. The van der Waals surface area contributed by atoms with Gasteiger partial charge in [0.15, 0.2) is 0 Å². The van der Waals surface area contributed by atoms with Gasteiger partial charge in [-0.15, -0.1) is 0 Å². The van der Waals surface area contributed by atoms with Gasteiger partial charge in [-0.25, -0.2) is 4.39 Å². The maximum atomic E-state index is 13.3. The number of rotatable bonds is 4. The van der Waals surface area contributed by atoms with Crippen molar-refractivity contribution in [2.24, 2.45) is 5.41 Å². The number of benzene rings is 1. The van der Waals surface area contributed by atoms with Gasteiger partial charge in [-0.2, -0.15) is 0 Å². The Labute approximate surface area is 108 Å². The van der Waals surface area contributed by atoms with Crippen LogP contribution in [0, 0.1) is 11.2 Å². The van der Waals surface area contributed by atoms with Crippen molar-refractivity contribution in [2.75, 3.05) is 13.6 Å². The maximum Gasteiger partial charge on any atom is 0.488 e. The quantitative estimate of drug-likeness (QED) is 0.786. The van der Waals surface area contributed by atoms with E-state index in [4.69, 9.17) is 10.0 Å². The van der Waals surface area contributed by atoms with Crippen LogP contribution in [0.3, 0.4) is 0 Å². The molecule has 0 radical (unpaired) electrons. The molecule has 0 atom stereocenters. The van der Waals surface area contributed by atoms with Crippen LogP contribution in [0.1, 0.15) is 26.3 Å². The second-order valence-electron chi connectivity index (χ2n) is 6.00. The molecule has 0 amide bonds. The third kappa shape index (κ3) is 5.17. The monoisotopic (exact) mass is 253 g/mol. The van der Waals surface area contributed by atoms with Gasteiger partial charge in [0.25, 0.3) is 0 Å². The third-order valence-electron chi connectivity index (χ3n) is 2.47. The van der Waals surface area contributed by atoms with Crippen LogP contribution in [0.15, 0.2) is 18.2 Å². The molecule has 0 bridgehead atoms. The molecular formula is C13H21BFNO2. The Hall–Kier alpha value is -0.905. The summed E-state index contributed by atoms with van der Waals surface area (Å²) in [5, 5.41) is 18.1. The van der Waals surface area contributed by atoms with Crippen LogP contribution in [0.4, 0.5) is 4.39 Å². The van der Waals surface area contributed by atoms with Gasteiger partial charge in [-0.05, 0) is 35.6 Å². The van der Waals surface area contributed by atoms with E-state index in [0.29, 0.717) is 6.54 Å². The molecule has 0 aliphatic heterocycles.